The largest absolute Gasteiger partial charge is 0.272 e. The van der Waals surface area contributed by atoms with Crippen molar-refractivity contribution in [3.63, 3.8) is 0 Å². The zero-order valence-electron chi connectivity index (χ0n) is 14.4. The third-order valence-electron chi connectivity index (χ3n) is 4.15. The molecular formula is C20H17N3O3. The molecule has 0 heterocycles. The molecule has 3 aromatic rings. The number of aryl methyl sites for hydroxylation is 1. The fourth-order valence-electron chi connectivity index (χ4n) is 2.68. The molecule has 0 aliphatic carbocycles. The topological polar surface area (TPSA) is 84.6 Å². The Kier molecular flexibility index (Phi) is 4.75. The summed E-state index contributed by atoms with van der Waals surface area (Å²) < 4.78 is 0. The summed E-state index contributed by atoms with van der Waals surface area (Å²) in [6.07, 6.45) is 0. The Bertz CT molecular complexity index is 1040. The number of carbonyl (C=O) groups is 1. The fourth-order valence-corrected chi connectivity index (χ4v) is 2.68. The van der Waals surface area contributed by atoms with Gasteiger partial charge >= 0.3 is 0 Å². The van der Waals surface area contributed by atoms with Gasteiger partial charge in [0.1, 0.15) is 0 Å². The Hall–Kier alpha value is -3.54. The normalized spacial score (nSPS) is 11.4. The molecule has 0 unspecified atom stereocenters. The highest BCUT2D eigenvalue weighted by Gasteiger charge is 2.13. The first-order valence-electron chi connectivity index (χ1n) is 8.04. The summed E-state index contributed by atoms with van der Waals surface area (Å²) in [5.41, 5.74) is 4.81. The van der Waals surface area contributed by atoms with Crippen molar-refractivity contribution >= 4 is 28.1 Å². The number of carbonyl (C=O) groups excluding carboxylic acids is 1. The summed E-state index contributed by atoms with van der Waals surface area (Å²) in [6.45, 7) is 3.41. The monoisotopic (exact) mass is 347 g/mol. The molecule has 0 fully saturated rings. The van der Waals surface area contributed by atoms with Crippen LogP contribution in [0.2, 0.25) is 0 Å². The zero-order valence-corrected chi connectivity index (χ0v) is 14.4. The summed E-state index contributed by atoms with van der Waals surface area (Å²) in [4.78, 5) is 22.6. The maximum Gasteiger partial charge on any atom is 0.272 e. The minimum Gasteiger partial charge on any atom is -0.267 e. The third kappa shape index (κ3) is 3.59. The first-order valence-corrected chi connectivity index (χ1v) is 8.04. The van der Waals surface area contributed by atoms with Crippen molar-refractivity contribution in [2.75, 3.05) is 0 Å². The molecule has 1 N–H and O–H groups in total. The van der Waals surface area contributed by atoms with E-state index in [1.54, 1.807) is 6.92 Å². The highest BCUT2D eigenvalue weighted by Crippen LogP contribution is 2.19. The summed E-state index contributed by atoms with van der Waals surface area (Å²) in [7, 11) is 0. The van der Waals surface area contributed by atoms with Crippen LogP contribution in [0.15, 0.2) is 65.8 Å². The number of hydrazone groups is 1. The van der Waals surface area contributed by atoms with Crippen LogP contribution in [0, 0.1) is 17.0 Å². The van der Waals surface area contributed by atoms with E-state index in [1.165, 1.54) is 18.2 Å². The average Bonchev–Trinajstić information content (AvgIpc) is 2.65. The fraction of sp³-hybridized carbons (Fsp3) is 0.100. The van der Waals surface area contributed by atoms with Crippen LogP contribution in [0.25, 0.3) is 10.8 Å². The van der Waals surface area contributed by atoms with Crippen LogP contribution in [0.4, 0.5) is 5.69 Å². The number of benzene rings is 3. The first kappa shape index (κ1) is 17.3. The lowest BCUT2D eigenvalue weighted by Gasteiger charge is -2.05. The van der Waals surface area contributed by atoms with Crippen LogP contribution in [-0.4, -0.2) is 16.5 Å². The SMILES string of the molecule is C/C(=N\NC(=O)c1ccc([N+](=O)[O-])c(C)c1)c1ccc2ccccc2c1. The number of hydrogen-bond donors (Lipinski definition) is 1. The quantitative estimate of drug-likeness (QED) is 0.436. The third-order valence-corrected chi connectivity index (χ3v) is 4.15. The number of nitro groups is 1. The lowest BCUT2D eigenvalue weighted by atomic mass is 10.0. The van der Waals surface area contributed by atoms with Crippen molar-refractivity contribution in [2.45, 2.75) is 13.8 Å². The van der Waals surface area contributed by atoms with E-state index in [1.807, 2.05) is 49.4 Å². The van der Waals surface area contributed by atoms with Gasteiger partial charge in [0, 0.05) is 17.2 Å². The van der Waals surface area contributed by atoms with Gasteiger partial charge in [-0.25, -0.2) is 5.43 Å². The predicted octanol–water partition coefficient (Wildman–Crippen LogP) is 4.21. The van der Waals surface area contributed by atoms with Crippen LogP contribution in [0.5, 0.6) is 0 Å². The van der Waals surface area contributed by atoms with Crippen LogP contribution in [-0.2, 0) is 0 Å². The second-order valence-corrected chi connectivity index (χ2v) is 5.96. The van der Waals surface area contributed by atoms with Gasteiger partial charge in [-0.2, -0.15) is 5.10 Å². The van der Waals surface area contributed by atoms with Crippen LogP contribution >= 0.6 is 0 Å². The number of nitrogens with zero attached hydrogens (tertiary/aromatic N) is 2. The number of fused-ring (bicyclic) bond motifs is 1. The van der Waals surface area contributed by atoms with E-state index in [2.05, 4.69) is 10.5 Å². The summed E-state index contributed by atoms with van der Waals surface area (Å²) in [5, 5.41) is 17.2. The van der Waals surface area contributed by atoms with Crippen LogP contribution in [0.1, 0.15) is 28.4 Å². The van der Waals surface area contributed by atoms with Gasteiger partial charge in [0.2, 0.25) is 0 Å². The van der Waals surface area contributed by atoms with Gasteiger partial charge in [-0.3, -0.25) is 14.9 Å². The van der Waals surface area contributed by atoms with Crippen molar-refractivity contribution < 1.29 is 9.72 Å². The first-order chi connectivity index (χ1) is 12.5. The Morgan fingerprint density at radius 1 is 1.00 bits per heavy atom. The van der Waals surface area contributed by atoms with Gasteiger partial charge in [-0.05, 0) is 48.4 Å². The number of rotatable bonds is 4. The van der Waals surface area contributed by atoms with E-state index in [4.69, 9.17) is 0 Å². The molecule has 0 aliphatic rings. The molecule has 6 heteroatoms. The zero-order chi connectivity index (χ0) is 18.7. The second-order valence-electron chi connectivity index (χ2n) is 5.96. The van der Waals surface area contributed by atoms with E-state index < -0.39 is 10.8 Å². The predicted molar refractivity (Wildman–Crippen MR) is 101 cm³/mol. The Labute approximate surface area is 150 Å². The highest BCUT2D eigenvalue weighted by molar-refractivity contribution is 6.03. The van der Waals surface area contributed by atoms with Crippen molar-refractivity contribution in [2.24, 2.45) is 5.10 Å². The maximum absolute atomic E-state index is 12.2. The molecule has 0 saturated carbocycles. The summed E-state index contributed by atoms with van der Waals surface area (Å²) >= 11 is 0. The second kappa shape index (κ2) is 7.14. The molecule has 3 rings (SSSR count). The van der Waals surface area contributed by atoms with Crippen molar-refractivity contribution in [3.8, 4) is 0 Å². The number of nitro benzene ring substituents is 1. The molecule has 130 valence electrons. The Morgan fingerprint density at radius 3 is 2.38 bits per heavy atom. The van der Waals surface area contributed by atoms with E-state index >= 15 is 0 Å². The molecule has 3 aromatic carbocycles. The summed E-state index contributed by atoms with van der Waals surface area (Å²) in [5.74, 6) is -0.414. The molecule has 0 aliphatic heterocycles. The number of amides is 1. The van der Waals surface area contributed by atoms with E-state index in [0.717, 1.165) is 16.3 Å². The Morgan fingerprint density at radius 2 is 1.69 bits per heavy atom. The van der Waals surface area contributed by atoms with Gasteiger partial charge in [0.15, 0.2) is 0 Å². The molecule has 1 amide bonds. The Balaban J connectivity index is 1.78. The van der Waals surface area contributed by atoms with Gasteiger partial charge in [-0.1, -0.05) is 36.4 Å². The maximum atomic E-state index is 12.2. The highest BCUT2D eigenvalue weighted by atomic mass is 16.6. The van der Waals surface area contributed by atoms with E-state index in [-0.39, 0.29) is 5.69 Å². The van der Waals surface area contributed by atoms with Crippen molar-refractivity contribution in [1.29, 1.82) is 0 Å². The summed E-state index contributed by atoms with van der Waals surface area (Å²) in [6, 6.07) is 18.2. The molecule has 0 spiro atoms. The average molecular weight is 347 g/mol. The molecule has 0 saturated heterocycles. The molecule has 6 nitrogen and oxygen atoms in total. The van der Waals surface area contributed by atoms with Gasteiger partial charge < -0.3 is 0 Å². The molecule has 0 aromatic heterocycles. The van der Waals surface area contributed by atoms with Crippen LogP contribution < -0.4 is 5.43 Å². The van der Waals surface area contributed by atoms with E-state index in [9.17, 15) is 14.9 Å². The van der Waals surface area contributed by atoms with Gasteiger partial charge in [0.25, 0.3) is 11.6 Å². The number of hydrogen-bond acceptors (Lipinski definition) is 4. The van der Waals surface area contributed by atoms with Crippen molar-refractivity contribution in [1.82, 2.24) is 5.43 Å². The molecule has 0 bridgehead atoms. The molecular weight excluding hydrogens is 330 g/mol. The molecule has 0 radical (unpaired) electrons. The molecule has 26 heavy (non-hydrogen) atoms. The lowest BCUT2D eigenvalue weighted by molar-refractivity contribution is -0.385. The number of nitrogens with one attached hydrogen (secondary N) is 1. The standard InChI is InChI=1S/C20H17N3O3/c1-13-11-18(9-10-19(13)23(25)26)20(24)22-21-14(2)16-8-7-15-5-3-4-6-17(15)12-16/h3-12H,1-2H3,(H,22,24)/b21-14+. The molecule has 0 atom stereocenters. The minimum atomic E-state index is -0.473. The van der Waals surface area contributed by atoms with Gasteiger partial charge in [0.05, 0.1) is 10.6 Å². The minimum absolute atomic E-state index is 0.0163. The van der Waals surface area contributed by atoms with Crippen LogP contribution in [0.3, 0.4) is 0 Å². The van der Waals surface area contributed by atoms with E-state index in [0.29, 0.717) is 16.8 Å². The van der Waals surface area contributed by atoms with Crippen molar-refractivity contribution in [3.05, 3.63) is 87.5 Å². The van der Waals surface area contributed by atoms with Gasteiger partial charge in [-0.15, -0.1) is 0 Å². The smallest absolute Gasteiger partial charge is 0.267 e. The lowest BCUT2D eigenvalue weighted by Crippen LogP contribution is -2.19.